The number of ether oxygens (including phenoxy) is 1. The number of amides is 2. The summed E-state index contributed by atoms with van der Waals surface area (Å²) in [6, 6.07) is 9.08. The van der Waals surface area contributed by atoms with E-state index in [1.54, 1.807) is 12.1 Å². The smallest absolute Gasteiger partial charge is 0.407 e. The number of alkyl carbamates (subject to hydrolysis) is 1. The number of carbonyl (C=O) groups is 2. The highest BCUT2D eigenvalue weighted by Crippen LogP contribution is 2.15. The number of aliphatic hydroxyl groups is 1. The summed E-state index contributed by atoms with van der Waals surface area (Å²) in [7, 11) is 0. The maximum atomic E-state index is 13.6. The molecule has 0 bridgehead atoms. The van der Waals surface area contributed by atoms with Crippen molar-refractivity contribution in [1.29, 1.82) is 0 Å². The number of nitrogens with one attached hydrogen (secondary N) is 1. The van der Waals surface area contributed by atoms with Crippen LogP contribution in [0.1, 0.15) is 25.0 Å². The van der Waals surface area contributed by atoms with E-state index in [4.69, 9.17) is 4.74 Å². The van der Waals surface area contributed by atoms with E-state index in [1.165, 1.54) is 0 Å². The Morgan fingerprint density at radius 2 is 1.79 bits per heavy atom. The molecule has 0 unspecified atom stereocenters. The first-order chi connectivity index (χ1) is 15.5. The van der Waals surface area contributed by atoms with Crippen molar-refractivity contribution >= 4 is 34.8 Å². The van der Waals surface area contributed by atoms with E-state index in [0.717, 1.165) is 26.2 Å². The minimum Gasteiger partial charge on any atom is -0.465 e. The van der Waals surface area contributed by atoms with Crippen LogP contribution in [0.5, 0.6) is 0 Å². The van der Waals surface area contributed by atoms with Crippen LogP contribution in [0.2, 0.25) is 0 Å². The van der Waals surface area contributed by atoms with Crippen molar-refractivity contribution in [2.24, 2.45) is 5.92 Å². The number of nitrogens with zero attached hydrogens (tertiary/aromatic N) is 1. The van der Waals surface area contributed by atoms with Crippen LogP contribution in [-0.4, -0.2) is 52.6 Å². The Kier molecular flexibility index (Phi) is 10.3. The quantitative estimate of drug-likeness (QED) is 0.365. The predicted octanol–water partition coefficient (Wildman–Crippen LogP) is 4.40. The van der Waals surface area contributed by atoms with Gasteiger partial charge in [0, 0.05) is 16.2 Å². The fourth-order valence-corrected chi connectivity index (χ4v) is 3.73. The molecule has 2 aromatic rings. The van der Waals surface area contributed by atoms with Gasteiger partial charge in [0.15, 0.2) is 0 Å². The first-order valence-electron chi connectivity index (χ1n) is 10.3. The van der Waals surface area contributed by atoms with Gasteiger partial charge >= 0.3 is 12.2 Å². The van der Waals surface area contributed by atoms with Crippen LogP contribution in [0.3, 0.4) is 0 Å². The molecule has 0 aliphatic carbocycles. The molecule has 7 nitrogen and oxygen atoms in total. The van der Waals surface area contributed by atoms with Gasteiger partial charge in [-0.1, -0.05) is 26.0 Å². The van der Waals surface area contributed by atoms with Gasteiger partial charge < -0.3 is 25.2 Å². The van der Waals surface area contributed by atoms with Crippen molar-refractivity contribution in [2.45, 2.75) is 39.0 Å². The largest absolute Gasteiger partial charge is 0.465 e. The van der Waals surface area contributed by atoms with E-state index in [-0.39, 0.29) is 37.6 Å². The second kappa shape index (κ2) is 12.7. The summed E-state index contributed by atoms with van der Waals surface area (Å²) in [4.78, 5) is 25.0. The molecule has 10 heteroatoms. The topological polar surface area (TPSA) is 99.1 Å². The molecule has 33 heavy (non-hydrogen) atoms. The molecule has 0 saturated heterocycles. The molecule has 0 aromatic heterocycles. The molecule has 0 fully saturated rings. The van der Waals surface area contributed by atoms with Gasteiger partial charge in [-0.25, -0.2) is 18.4 Å². The van der Waals surface area contributed by atoms with Crippen molar-refractivity contribution in [2.75, 3.05) is 13.2 Å². The third kappa shape index (κ3) is 9.50. The number of hydrogen-bond donors (Lipinski definition) is 3. The summed E-state index contributed by atoms with van der Waals surface area (Å²) in [6.07, 6.45) is -3.58. The van der Waals surface area contributed by atoms with Crippen LogP contribution in [0, 0.1) is 21.1 Å². The lowest BCUT2D eigenvalue weighted by Crippen LogP contribution is -2.50. The average molecular weight is 576 g/mol. The number of benzene rings is 2. The Morgan fingerprint density at radius 3 is 2.36 bits per heavy atom. The zero-order valence-corrected chi connectivity index (χ0v) is 20.5. The highest BCUT2D eigenvalue weighted by Gasteiger charge is 2.27. The van der Waals surface area contributed by atoms with Crippen molar-refractivity contribution in [3.8, 4) is 0 Å². The van der Waals surface area contributed by atoms with Crippen LogP contribution in [-0.2, 0) is 17.7 Å². The van der Waals surface area contributed by atoms with Gasteiger partial charge in [-0.15, -0.1) is 0 Å². The van der Waals surface area contributed by atoms with Crippen molar-refractivity contribution in [1.82, 2.24) is 10.2 Å². The molecular formula is C23H27F2IN2O5. The molecule has 0 aliphatic rings. The first kappa shape index (κ1) is 26.8. The molecule has 2 rings (SSSR count). The van der Waals surface area contributed by atoms with Crippen LogP contribution < -0.4 is 5.32 Å². The van der Waals surface area contributed by atoms with Gasteiger partial charge in [0.05, 0.1) is 25.3 Å². The monoisotopic (exact) mass is 576 g/mol. The lowest BCUT2D eigenvalue weighted by Gasteiger charge is -2.29. The summed E-state index contributed by atoms with van der Waals surface area (Å²) >= 11 is 2.11. The molecule has 0 radical (unpaired) electrons. The lowest BCUT2D eigenvalue weighted by molar-refractivity contribution is 0.0652. The molecule has 0 saturated carbocycles. The summed E-state index contributed by atoms with van der Waals surface area (Å²) < 4.78 is 33.3. The minimum absolute atomic E-state index is 0.0162. The maximum Gasteiger partial charge on any atom is 0.407 e. The molecule has 0 aliphatic heterocycles. The Bertz CT molecular complexity index is 940. The zero-order chi connectivity index (χ0) is 24.5. The van der Waals surface area contributed by atoms with Crippen LogP contribution in [0.15, 0.2) is 42.5 Å². The number of aliphatic hydroxyl groups excluding tert-OH is 1. The number of hydrogen-bond acceptors (Lipinski definition) is 4. The molecule has 2 amide bonds. The summed E-state index contributed by atoms with van der Waals surface area (Å²) in [5.74, 6) is -1.52. The van der Waals surface area contributed by atoms with Gasteiger partial charge in [0.2, 0.25) is 0 Å². The van der Waals surface area contributed by atoms with Crippen molar-refractivity contribution < 1.29 is 33.3 Å². The maximum absolute atomic E-state index is 13.6. The molecule has 0 spiro atoms. The van der Waals surface area contributed by atoms with E-state index in [1.807, 2.05) is 26.0 Å². The first-order valence-corrected chi connectivity index (χ1v) is 11.4. The SMILES string of the molecule is CC(C)COC(=O)N[C@@H](Cc1cc(F)cc(F)c1)[C@H](O)CN(Cc1cccc(I)c1)C(=O)O. The Labute approximate surface area is 204 Å². The van der Waals surface area contributed by atoms with Gasteiger partial charge in [0.1, 0.15) is 11.6 Å². The molecule has 2 atom stereocenters. The second-order valence-electron chi connectivity index (χ2n) is 8.09. The third-order valence-electron chi connectivity index (χ3n) is 4.63. The Balaban J connectivity index is 2.19. The van der Waals surface area contributed by atoms with Gasteiger partial charge in [-0.2, -0.15) is 0 Å². The lowest BCUT2D eigenvalue weighted by atomic mass is 10.0. The standard InChI is InChI=1S/C23H27F2IN2O5/c1-14(2)13-33-22(30)27-20(9-16-6-17(24)10-18(25)7-16)21(29)12-28(23(31)32)11-15-4-3-5-19(26)8-15/h3-8,10,14,20-21,29H,9,11-13H2,1-2H3,(H,27,30)(H,31,32)/t20-,21+/m0/s1. The van der Waals surface area contributed by atoms with E-state index in [0.29, 0.717) is 6.07 Å². The number of carbonyl (C=O) groups excluding carboxylic acids is 1. The number of halogens is 3. The van der Waals surface area contributed by atoms with Gasteiger partial charge in [-0.05, 0) is 70.3 Å². The summed E-state index contributed by atoms with van der Waals surface area (Å²) in [5, 5.41) is 22.9. The second-order valence-corrected chi connectivity index (χ2v) is 9.33. The van der Waals surface area contributed by atoms with Crippen molar-refractivity contribution in [3.05, 3.63) is 68.8 Å². The Morgan fingerprint density at radius 1 is 1.12 bits per heavy atom. The van der Waals surface area contributed by atoms with E-state index in [9.17, 15) is 28.6 Å². The van der Waals surface area contributed by atoms with Crippen LogP contribution in [0.4, 0.5) is 18.4 Å². The normalized spacial score (nSPS) is 12.8. The van der Waals surface area contributed by atoms with Crippen LogP contribution in [0.25, 0.3) is 0 Å². The van der Waals surface area contributed by atoms with Crippen LogP contribution >= 0.6 is 22.6 Å². The molecular weight excluding hydrogens is 549 g/mol. The number of carboxylic acid groups (broad SMARTS) is 1. The highest BCUT2D eigenvalue weighted by atomic mass is 127. The van der Waals surface area contributed by atoms with Crippen molar-refractivity contribution in [3.63, 3.8) is 0 Å². The molecule has 0 heterocycles. The predicted molar refractivity (Wildman–Crippen MR) is 127 cm³/mol. The fourth-order valence-electron chi connectivity index (χ4n) is 3.12. The molecule has 2 aromatic carbocycles. The van der Waals surface area contributed by atoms with E-state index < -0.39 is 36.0 Å². The molecule has 180 valence electrons. The molecule has 3 N–H and O–H groups in total. The highest BCUT2D eigenvalue weighted by molar-refractivity contribution is 14.1. The summed E-state index contributed by atoms with van der Waals surface area (Å²) in [5.41, 5.74) is 0.921. The van der Waals surface area contributed by atoms with E-state index >= 15 is 0 Å². The third-order valence-corrected chi connectivity index (χ3v) is 5.30. The van der Waals surface area contributed by atoms with Gasteiger partial charge in [0.25, 0.3) is 0 Å². The zero-order valence-electron chi connectivity index (χ0n) is 18.3. The fraction of sp³-hybridized carbons (Fsp3) is 0.391. The average Bonchev–Trinajstić information content (AvgIpc) is 2.70. The Hall–Kier alpha value is -2.47. The van der Waals surface area contributed by atoms with E-state index in [2.05, 4.69) is 27.9 Å². The minimum atomic E-state index is -1.37. The van der Waals surface area contributed by atoms with Gasteiger partial charge in [-0.3, -0.25) is 0 Å². The number of rotatable bonds is 10. The summed E-state index contributed by atoms with van der Waals surface area (Å²) in [6.45, 7) is 3.52.